The Kier molecular flexibility index (Phi) is 5.19. The molecule has 0 spiro atoms. The van der Waals surface area contributed by atoms with Gasteiger partial charge in [0.2, 0.25) is 11.8 Å². The molecule has 1 fully saturated rings. The maximum atomic E-state index is 12.2. The van der Waals surface area contributed by atoms with E-state index in [0.717, 1.165) is 0 Å². The van der Waals surface area contributed by atoms with Crippen LogP contribution in [-0.4, -0.2) is 47.5 Å². The molecule has 0 unspecified atom stereocenters. The lowest BCUT2D eigenvalue weighted by atomic mass is 10.2. The van der Waals surface area contributed by atoms with Crippen LogP contribution in [-0.2, 0) is 11.3 Å². The molecule has 1 aliphatic heterocycles. The van der Waals surface area contributed by atoms with Gasteiger partial charge in [-0.1, -0.05) is 6.07 Å². The average Bonchev–Trinajstić information content (AvgIpc) is 2.89. The third-order valence-electron chi connectivity index (χ3n) is 3.10. The zero-order valence-electron chi connectivity index (χ0n) is 11.6. The van der Waals surface area contributed by atoms with Crippen molar-refractivity contribution in [3.8, 4) is 5.88 Å². The molecule has 6 nitrogen and oxygen atoms in total. The minimum atomic E-state index is -4.46. The Hall–Kier alpha value is -1.87. The largest absolute Gasteiger partial charge is 0.468 e. The number of carbonyl (C=O) groups is 1. The van der Waals surface area contributed by atoms with Crippen molar-refractivity contribution in [3.05, 3.63) is 23.9 Å². The van der Waals surface area contributed by atoms with Gasteiger partial charge < -0.3 is 20.5 Å². The molecular formula is C13H16F3N3O3. The van der Waals surface area contributed by atoms with Crippen LogP contribution < -0.4 is 15.4 Å². The van der Waals surface area contributed by atoms with Crippen LogP contribution in [0.2, 0.25) is 0 Å². The predicted octanol–water partition coefficient (Wildman–Crippen LogP) is 0.362. The number of nitrogens with zero attached hydrogens (tertiary/aromatic N) is 1. The molecular weight excluding hydrogens is 303 g/mol. The third-order valence-corrected chi connectivity index (χ3v) is 3.10. The molecule has 1 aromatic heterocycles. The summed E-state index contributed by atoms with van der Waals surface area (Å²) in [6, 6.07) is 2.56. The van der Waals surface area contributed by atoms with E-state index in [4.69, 9.17) is 0 Å². The fraction of sp³-hybridized carbons (Fsp3) is 0.538. The first kappa shape index (κ1) is 16.5. The SMILES string of the molecule is O=C(NCc1cccnc1OCC(F)(F)F)[C@@H]1C[C@H](O)CN1. The van der Waals surface area contributed by atoms with E-state index in [0.29, 0.717) is 18.5 Å². The van der Waals surface area contributed by atoms with Crippen molar-refractivity contribution in [2.24, 2.45) is 0 Å². The van der Waals surface area contributed by atoms with Gasteiger partial charge >= 0.3 is 6.18 Å². The Bertz CT molecular complexity index is 525. The summed E-state index contributed by atoms with van der Waals surface area (Å²) in [5, 5.41) is 14.8. The van der Waals surface area contributed by atoms with Crippen LogP contribution in [0.25, 0.3) is 0 Å². The first-order chi connectivity index (χ1) is 10.3. The maximum Gasteiger partial charge on any atom is 0.422 e. The highest BCUT2D eigenvalue weighted by atomic mass is 19.4. The van der Waals surface area contributed by atoms with E-state index in [1.807, 2.05) is 0 Å². The number of β-amino-alcohol motifs (C(OH)–C–C–N with tert-alkyl or cyclic N) is 1. The number of hydrogen-bond donors (Lipinski definition) is 3. The molecule has 0 saturated carbocycles. The molecule has 3 N–H and O–H groups in total. The zero-order valence-corrected chi connectivity index (χ0v) is 11.6. The van der Waals surface area contributed by atoms with Crippen LogP contribution >= 0.6 is 0 Å². The van der Waals surface area contributed by atoms with E-state index in [1.54, 1.807) is 6.07 Å². The second-order valence-electron chi connectivity index (χ2n) is 4.94. The summed E-state index contributed by atoms with van der Waals surface area (Å²) in [4.78, 5) is 15.6. The molecule has 1 aromatic rings. The lowest BCUT2D eigenvalue weighted by molar-refractivity contribution is -0.154. The summed E-state index contributed by atoms with van der Waals surface area (Å²) >= 11 is 0. The minimum absolute atomic E-state index is 0.00581. The number of nitrogens with one attached hydrogen (secondary N) is 2. The van der Waals surface area contributed by atoms with E-state index in [-0.39, 0.29) is 18.3 Å². The average molecular weight is 319 g/mol. The number of pyridine rings is 1. The second-order valence-corrected chi connectivity index (χ2v) is 4.94. The van der Waals surface area contributed by atoms with Crippen LogP contribution in [0, 0.1) is 0 Å². The smallest absolute Gasteiger partial charge is 0.422 e. The van der Waals surface area contributed by atoms with E-state index in [1.165, 1.54) is 12.3 Å². The Morgan fingerprint density at radius 2 is 2.32 bits per heavy atom. The number of alkyl halides is 3. The number of hydrogen-bond acceptors (Lipinski definition) is 5. The molecule has 2 heterocycles. The molecule has 1 saturated heterocycles. The molecule has 0 aliphatic carbocycles. The van der Waals surface area contributed by atoms with Crippen LogP contribution in [0.4, 0.5) is 13.2 Å². The maximum absolute atomic E-state index is 12.2. The van der Waals surface area contributed by atoms with Gasteiger partial charge in [0.1, 0.15) is 0 Å². The highest BCUT2D eigenvalue weighted by Crippen LogP contribution is 2.20. The Balaban J connectivity index is 1.91. The molecule has 2 atom stereocenters. The van der Waals surface area contributed by atoms with Crippen molar-refractivity contribution in [3.63, 3.8) is 0 Å². The number of aliphatic hydroxyl groups is 1. The van der Waals surface area contributed by atoms with E-state index < -0.39 is 24.9 Å². The number of amides is 1. The Labute approximate surface area is 124 Å². The topological polar surface area (TPSA) is 83.5 Å². The normalized spacial score (nSPS) is 21.6. The van der Waals surface area contributed by atoms with Crippen molar-refractivity contribution in [1.29, 1.82) is 0 Å². The van der Waals surface area contributed by atoms with E-state index in [2.05, 4.69) is 20.4 Å². The van der Waals surface area contributed by atoms with Gasteiger partial charge in [-0.05, 0) is 12.5 Å². The molecule has 9 heteroatoms. The second kappa shape index (κ2) is 6.93. The molecule has 1 amide bonds. The fourth-order valence-corrected chi connectivity index (χ4v) is 2.06. The van der Waals surface area contributed by atoms with Crippen molar-refractivity contribution < 1.29 is 27.8 Å². The summed E-state index contributed by atoms with van der Waals surface area (Å²) in [7, 11) is 0. The Morgan fingerprint density at radius 1 is 1.55 bits per heavy atom. The van der Waals surface area contributed by atoms with Gasteiger partial charge in [-0.2, -0.15) is 13.2 Å². The van der Waals surface area contributed by atoms with Crippen molar-refractivity contribution in [1.82, 2.24) is 15.6 Å². The van der Waals surface area contributed by atoms with Crippen LogP contribution in [0.3, 0.4) is 0 Å². The monoisotopic (exact) mass is 319 g/mol. The number of aromatic nitrogens is 1. The summed E-state index contributed by atoms with van der Waals surface area (Å²) < 4.78 is 41.2. The van der Waals surface area contributed by atoms with Gasteiger partial charge in [0.25, 0.3) is 0 Å². The standard InChI is InChI=1S/C13H16F3N3O3/c14-13(15,16)7-22-12-8(2-1-3-17-12)5-19-11(21)10-4-9(20)6-18-10/h1-3,9-10,18,20H,4-7H2,(H,19,21)/t9-,10-/m0/s1. The van der Waals surface area contributed by atoms with Crippen LogP contribution in [0.1, 0.15) is 12.0 Å². The number of ether oxygens (including phenoxy) is 1. The lowest BCUT2D eigenvalue weighted by Crippen LogP contribution is -2.40. The van der Waals surface area contributed by atoms with E-state index in [9.17, 15) is 23.1 Å². The number of carbonyl (C=O) groups excluding carboxylic acids is 1. The van der Waals surface area contributed by atoms with Gasteiger partial charge in [0.15, 0.2) is 6.61 Å². The molecule has 1 aliphatic rings. The first-order valence-electron chi connectivity index (χ1n) is 6.68. The van der Waals surface area contributed by atoms with Gasteiger partial charge in [0, 0.05) is 24.8 Å². The van der Waals surface area contributed by atoms with Crippen LogP contribution in [0.5, 0.6) is 5.88 Å². The molecule has 122 valence electrons. The van der Waals surface area contributed by atoms with Gasteiger partial charge in [0.05, 0.1) is 12.1 Å². The summed E-state index contributed by atoms with van der Waals surface area (Å²) in [5.41, 5.74) is 0.346. The first-order valence-corrected chi connectivity index (χ1v) is 6.68. The summed E-state index contributed by atoms with van der Waals surface area (Å²) in [5.74, 6) is -0.498. The number of rotatable bonds is 5. The molecule has 0 radical (unpaired) electrons. The van der Waals surface area contributed by atoms with Crippen molar-refractivity contribution >= 4 is 5.91 Å². The number of halogens is 3. The summed E-state index contributed by atoms with van der Waals surface area (Å²) in [6.45, 7) is -1.11. The molecule has 0 aromatic carbocycles. The number of aliphatic hydroxyl groups excluding tert-OH is 1. The van der Waals surface area contributed by atoms with Crippen molar-refractivity contribution in [2.45, 2.75) is 31.3 Å². The lowest BCUT2D eigenvalue weighted by Gasteiger charge is -2.14. The highest BCUT2D eigenvalue weighted by Gasteiger charge is 2.30. The van der Waals surface area contributed by atoms with Gasteiger partial charge in [-0.3, -0.25) is 4.79 Å². The van der Waals surface area contributed by atoms with E-state index >= 15 is 0 Å². The fourth-order valence-electron chi connectivity index (χ4n) is 2.06. The molecule has 0 bridgehead atoms. The van der Waals surface area contributed by atoms with Crippen molar-refractivity contribution in [2.75, 3.05) is 13.2 Å². The quantitative estimate of drug-likeness (QED) is 0.730. The van der Waals surface area contributed by atoms with Gasteiger partial charge in [-0.25, -0.2) is 4.98 Å². The predicted molar refractivity (Wildman–Crippen MR) is 70.0 cm³/mol. The highest BCUT2D eigenvalue weighted by molar-refractivity contribution is 5.82. The molecule has 2 rings (SSSR count). The van der Waals surface area contributed by atoms with Gasteiger partial charge in [-0.15, -0.1) is 0 Å². The minimum Gasteiger partial charge on any atom is -0.468 e. The van der Waals surface area contributed by atoms with Crippen LogP contribution in [0.15, 0.2) is 18.3 Å². The summed E-state index contributed by atoms with van der Waals surface area (Å²) in [6.07, 6.45) is -3.41. The molecule has 22 heavy (non-hydrogen) atoms. The Morgan fingerprint density at radius 3 is 2.95 bits per heavy atom. The third kappa shape index (κ3) is 4.85. The zero-order chi connectivity index (χ0) is 16.2.